The monoisotopic (exact) mass is 312 g/mol. The number of nitrogens with two attached hydrogens (primary N) is 1. The molecule has 0 aliphatic carbocycles. The summed E-state index contributed by atoms with van der Waals surface area (Å²) < 4.78 is 6.48. The molecule has 1 aliphatic heterocycles. The van der Waals surface area contributed by atoms with Crippen molar-refractivity contribution in [1.29, 1.82) is 0 Å². The number of nitrogen functional groups attached to an aromatic ring is 1. The molecule has 1 aromatic rings. The highest BCUT2D eigenvalue weighted by Gasteiger charge is 2.15. The van der Waals surface area contributed by atoms with Gasteiger partial charge in [0.05, 0.1) is 6.61 Å². The molecule has 1 saturated heterocycles. The standard InChI is InChI=1S/C14H21BrN2O/c1-17(9-12-3-2-6-18-10-12)8-11-4-5-13(15)14(16)7-11/h4-5,7,12H,2-3,6,8-10,16H2,1H3. The Balaban J connectivity index is 1.85. The van der Waals surface area contributed by atoms with E-state index in [4.69, 9.17) is 10.5 Å². The van der Waals surface area contributed by atoms with Crippen molar-refractivity contribution in [2.75, 3.05) is 32.5 Å². The van der Waals surface area contributed by atoms with Gasteiger partial charge in [-0.1, -0.05) is 6.07 Å². The molecule has 2 rings (SSSR count). The second kappa shape index (κ2) is 6.55. The molecule has 4 heteroatoms. The first-order chi connectivity index (χ1) is 8.65. The lowest BCUT2D eigenvalue weighted by Gasteiger charge is -2.27. The van der Waals surface area contributed by atoms with Crippen LogP contribution in [0.15, 0.2) is 22.7 Å². The normalized spacial score (nSPS) is 20.3. The van der Waals surface area contributed by atoms with Crippen molar-refractivity contribution in [2.45, 2.75) is 19.4 Å². The van der Waals surface area contributed by atoms with Gasteiger partial charge in [0.15, 0.2) is 0 Å². The molecule has 1 aliphatic rings. The van der Waals surface area contributed by atoms with E-state index in [1.54, 1.807) is 0 Å². The van der Waals surface area contributed by atoms with Crippen LogP contribution in [-0.4, -0.2) is 31.7 Å². The molecule has 0 saturated carbocycles. The average Bonchev–Trinajstić information content (AvgIpc) is 2.35. The quantitative estimate of drug-likeness (QED) is 0.869. The summed E-state index contributed by atoms with van der Waals surface area (Å²) in [6, 6.07) is 6.18. The van der Waals surface area contributed by atoms with E-state index in [0.717, 1.165) is 36.5 Å². The van der Waals surface area contributed by atoms with Crippen molar-refractivity contribution >= 4 is 21.6 Å². The maximum atomic E-state index is 5.90. The largest absolute Gasteiger partial charge is 0.398 e. The number of ether oxygens (including phenoxy) is 1. The second-order valence-corrected chi connectivity index (χ2v) is 5.99. The van der Waals surface area contributed by atoms with Gasteiger partial charge in [0.1, 0.15) is 0 Å². The van der Waals surface area contributed by atoms with Crippen molar-refractivity contribution in [3.05, 3.63) is 28.2 Å². The summed E-state index contributed by atoms with van der Waals surface area (Å²) in [4.78, 5) is 2.35. The summed E-state index contributed by atoms with van der Waals surface area (Å²) in [5.41, 5.74) is 7.96. The van der Waals surface area contributed by atoms with E-state index in [2.05, 4.69) is 33.9 Å². The average molecular weight is 313 g/mol. The number of rotatable bonds is 4. The lowest BCUT2D eigenvalue weighted by molar-refractivity contribution is 0.0411. The highest BCUT2D eigenvalue weighted by molar-refractivity contribution is 9.10. The zero-order valence-electron chi connectivity index (χ0n) is 10.9. The number of anilines is 1. The molecule has 1 fully saturated rings. The molecule has 18 heavy (non-hydrogen) atoms. The number of hydrogen-bond acceptors (Lipinski definition) is 3. The summed E-state index contributed by atoms with van der Waals surface area (Å²) in [5.74, 6) is 0.677. The van der Waals surface area contributed by atoms with Gasteiger partial charge in [0, 0.05) is 29.9 Å². The molecule has 0 amide bonds. The van der Waals surface area contributed by atoms with Crippen LogP contribution in [0, 0.1) is 5.92 Å². The fourth-order valence-corrected chi connectivity index (χ4v) is 2.71. The summed E-state index contributed by atoms with van der Waals surface area (Å²) in [5, 5.41) is 0. The van der Waals surface area contributed by atoms with Crippen molar-refractivity contribution in [3.63, 3.8) is 0 Å². The SMILES string of the molecule is CN(Cc1ccc(Br)c(N)c1)CC1CCCOC1. The maximum absolute atomic E-state index is 5.90. The smallest absolute Gasteiger partial charge is 0.0506 e. The first-order valence-electron chi connectivity index (χ1n) is 6.45. The molecule has 0 spiro atoms. The van der Waals surface area contributed by atoms with Crippen LogP contribution in [0.3, 0.4) is 0 Å². The van der Waals surface area contributed by atoms with Crippen LogP contribution in [0.5, 0.6) is 0 Å². The molecule has 3 nitrogen and oxygen atoms in total. The Morgan fingerprint density at radius 3 is 3.00 bits per heavy atom. The molecule has 1 aromatic carbocycles. The molecular formula is C14H21BrN2O. The number of hydrogen-bond donors (Lipinski definition) is 1. The molecule has 0 bridgehead atoms. The minimum absolute atomic E-state index is 0.677. The second-order valence-electron chi connectivity index (χ2n) is 5.14. The molecule has 1 unspecified atom stereocenters. The first kappa shape index (κ1) is 13.8. The predicted octanol–water partition coefficient (Wildman–Crippen LogP) is 2.89. The van der Waals surface area contributed by atoms with Gasteiger partial charge in [0.25, 0.3) is 0 Å². The number of nitrogens with zero attached hydrogens (tertiary/aromatic N) is 1. The van der Waals surface area contributed by atoms with E-state index in [9.17, 15) is 0 Å². The third kappa shape index (κ3) is 3.97. The summed E-state index contributed by atoms with van der Waals surface area (Å²) in [6.07, 6.45) is 2.48. The van der Waals surface area contributed by atoms with Gasteiger partial charge in [-0.25, -0.2) is 0 Å². The Kier molecular flexibility index (Phi) is 5.03. The minimum Gasteiger partial charge on any atom is -0.398 e. The van der Waals surface area contributed by atoms with Crippen LogP contribution < -0.4 is 5.73 Å². The van der Waals surface area contributed by atoms with Gasteiger partial charge < -0.3 is 15.4 Å². The topological polar surface area (TPSA) is 38.5 Å². The van der Waals surface area contributed by atoms with Gasteiger partial charge in [-0.05, 0) is 59.4 Å². The van der Waals surface area contributed by atoms with Crippen LogP contribution in [0.25, 0.3) is 0 Å². The van der Waals surface area contributed by atoms with Crippen molar-refractivity contribution in [3.8, 4) is 0 Å². The van der Waals surface area contributed by atoms with Gasteiger partial charge in [-0.15, -0.1) is 0 Å². The molecule has 0 aromatic heterocycles. The van der Waals surface area contributed by atoms with E-state index in [1.165, 1.54) is 18.4 Å². The summed E-state index contributed by atoms with van der Waals surface area (Å²) >= 11 is 3.42. The minimum atomic E-state index is 0.677. The van der Waals surface area contributed by atoms with E-state index in [0.29, 0.717) is 5.92 Å². The summed E-state index contributed by atoms with van der Waals surface area (Å²) in [7, 11) is 2.16. The van der Waals surface area contributed by atoms with Gasteiger partial charge in [0.2, 0.25) is 0 Å². The lowest BCUT2D eigenvalue weighted by Crippen LogP contribution is -2.30. The summed E-state index contributed by atoms with van der Waals surface area (Å²) in [6.45, 7) is 3.88. The maximum Gasteiger partial charge on any atom is 0.0506 e. The van der Waals surface area contributed by atoms with E-state index >= 15 is 0 Å². The van der Waals surface area contributed by atoms with Gasteiger partial charge in [-0.2, -0.15) is 0 Å². The Bertz CT molecular complexity index is 391. The van der Waals surface area contributed by atoms with Crippen LogP contribution in [0.4, 0.5) is 5.69 Å². The van der Waals surface area contributed by atoms with Crippen molar-refractivity contribution in [1.82, 2.24) is 4.90 Å². The highest BCUT2D eigenvalue weighted by Crippen LogP contribution is 2.21. The number of benzene rings is 1. The Morgan fingerprint density at radius 1 is 1.50 bits per heavy atom. The third-order valence-electron chi connectivity index (χ3n) is 3.34. The zero-order valence-corrected chi connectivity index (χ0v) is 12.4. The molecule has 100 valence electrons. The highest BCUT2D eigenvalue weighted by atomic mass is 79.9. The van der Waals surface area contributed by atoms with Crippen molar-refractivity contribution in [2.24, 2.45) is 5.92 Å². The van der Waals surface area contributed by atoms with E-state index in [-0.39, 0.29) is 0 Å². The molecule has 1 atom stereocenters. The molecule has 2 N–H and O–H groups in total. The van der Waals surface area contributed by atoms with Crippen molar-refractivity contribution < 1.29 is 4.74 Å². The first-order valence-corrected chi connectivity index (χ1v) is 7.24. The molecule has 0 radical (unpaired) electrons. The lowest BCUT2D eigenvalue weighted by atomic mass is 10.0. The third-order valence-corrected chi connectivity index (χ3v) is 4.06. The van der Waals surface area contributed by atoms with Crippen LogP contribution in [-0.2, 0) is 11.3 Å². The van der Waals surface area contributed by atoms with E-state index in [1.807, 2.05) is 12.1 Å². The van der Waals surface area contributed by atoms with Crippen LogP contribution >= 0.6 is 15.9 Å². The predicted molar refractivity (Wildman–Crippen MR) is 78.4 cm³/mol. The van der Waals surface area contributed by atoms with Crippen LogP contribution in [0.1, 0.15) is 18.4 Å². The fraction of sp³-hybridized carbons (Fsp3) is 0.571. The number of halogens is 1. The zero-order chi connectivity index (χ0) is 13.0. The Morgan fingerprint density at radius 2 is 2.33 bits per heavy atom. The molecular weight excluding hydrogens is 292 g/mol. The van der Waals surface area contributed by atoms with Gasteiger partial charge in [-0.3, -0.25) is 0 Å². The fourth-order valence-electron chi connectivity index (χ4n) is 2.46. The molecule has 1 heterocycles. The van der Waals surface area contributed by atoms with E-state index < -0.39 is 0 Å². The Hall–Kier alpha value is -0.580. The van der Waals surface area contributed by atoms with Crippen LogP contribution in [0.2, 0.25) is 0 Å². The Labute approximate surface area is 117 Å². The van der Waals surface area contributed by atoms with Gasteiger partial charge >= 0.3 is 0 Å².